The van der Waals surface area contributed by atoms with Gasteiger partial charge in [-0.2, -0.15) is 0 Å². The Bertz CT molecular complexity index is 4730. The number of aryl methyl sites for hydroxylation is 4. The lowest BCUT2D eigenvalue weighted by atomic mass is 9.78. The minimum absolute atomic E-state index is 0.182. The average molecular weight is 1900 g/mol. The maximum Gasteiger partial charge on any atom is 0.0457 e. The molecule has 0 N–H and O–H groups in total. The fourth-order valence-corrected chi connectivity index (χ4v) is 13.7. The zero-order valence-corrected chi connectivity index (χ0v) is 98.7. The predicted molar refractivity (Wildman–Crippen MR) is 629 cm³/mol. The van der Waals surface area contributed by atoms with Gasteiger partial charge >= 0.3 is 0 Å². The van der Waals surface area contributed by atoms with Crippen LogP contribution in [0.15, 0.2) is 328 Å². The molecule has 0 bridgehead atoms. The van der Waals surface area contributed by atoms with Gasteiger partial charge in [0.1, 0.15) is 0 Å². The lowest BCUT2D eigenvalue weighted by Crippen LogP contribution is -2.15. The van der Waals surface area contributed by atoms with Crippen LogP contribution in [0.4, 0.5) is 0 Å². The van der Waals surface area contributed by atoms with E-state index in [1.165, 1.54) is 97.2 Å². The van der Waals surface area contributed by atoms with Crippen LogP contribution in [-0.4, -0.2) is 15.0 Å². The summed E-state index contributed by atoms with van der Waals surface area (Å²) < 4.78 is 0. The minimum Gasteiger partial charge on any atom is -0.265 e. The minimum atomic E-state index is 0.182. The summed E-state index contributed by atoms with van der Waals surface area (Å²) in [5.41, 5.74) is 25.0. The van der Waals surface area contributed by atoms with Crippen molar-refractivity contribution in [1.29, 1.82) is 0 Å². The fraction of sp³-hybridized carbons (Fsp3) is 0.496. The largest absolute Gasteiger partial charge is 0.265 e. The number of nitrogens with zero attached hydrogens (tertiary/aromatic N) is 3. The number of rotatable bonds is 7. The maximum absolute atomic E-state index is 4.25. The molecule has 3 nitrogen and oxygen atoms in total. The first-order valence-electron chi connectivity index (χ1n) is 52.3. The standard InChI is InChI=1S/4C12H18.4C11H16.C10H14.3C9H13N.C8H18/c3*1-10(12(2,3)4)11-8-6-5-7-9-11;1-12(2,3)10-9-11-7-5-4-6-8-11;1-9-5-7-10(8-6-9)11(2,3)4;1-9-6-5-7-10(8-9)11(2,3)4;1-9-7-5-6-8-10(9)11(2,3)4;1-11(2,3)9-10-7-5-4-6-8-10;1-10(2,3)9-7-5-4-6-8-9;1-9(2,3)8-4-6-10-7-5-8;1-9(2,3)8-5-4-6-10-7-8;1-9(2,3)8-6-4-5-7-10-8;1-6-7(2)8(3,4)5/h3*5-10H,1-4H3;4-8H,9-10H2,1-3H3;3*5-8H,1-4H3;4-8H,9H2,1-3H3;4-8H,1-3H3;3*4-7H,1-3H3;7H,6H2,1-5H3/t2*10-;;;;;;;;;;;/m10.........../s1. The molecule has 0 aliphatic rings. The van der Waals surface area contributed by atoms with Gasteiger partial charge in [-0.05, 0) is 226 Å². The summed E-state index contributed by atoms with van der Waals surface area (Å²) in [7, 11) is 0. The summed E-state index contributed by atoms with van der Waals surface area (Å²) in [6.07, 6.45) is 14.1. The number of hydrogen-bond donors (Lipinski definition) is 0. The predicted octanol–water partition coefficient (Wildman–Crippen LogP) is 41.5. The molecule has 4 atom stereocenters. The van der Waals surface area contributed by atoms with E-state index in [2.05, 4.69) is 619 Å². The van der Waals surface area contributed by atoms with Gasteiger partial charge in [0.25, 0.3) is 0 Å². The van der Waals surface area contributed by atoms with E-state index in [1.54, 1.807) is 6.20 Å². The number of benzene rings is 9. The van der Waals surface area contributed by atoms with Gasteiger partial charge in [0.2, 0.25) is 0 Å². The second-order valence-electron chi connectivity index (χ2n) is 52.3. The van der Waals surface area contributed by atoms with Crippen LogP contribution in [0.1, 0.15) is 419 Å². The molecule has 12 rings (SSSR count). The van der Waals surface area contributed by atoms with E-state index >= 15 is 0 Å². The molecule has 3 aromatic heterocycles. The van der Waals surface area contributed by atoms with Gasteiger partial charge in [0.15, 0.2) is 0 Å². The zero-order valence-electron chi connectivity index (χ0n) is 98.7. The monoisotopic (exact) mass is 1890 g/mol. The van der Waals surface area contributed by atoms with Crippen LogP contribution in [-0.2, 0) is 50.7 Å². The Morgan fingerprint density at radius 2 is 0.579 bits per heavy atom. The first-order chi connectivity index (χ1) is 64.1. The van der Waals surface area contributed by atoms with Gasteiger partial charge in [-0.1, -0.05) is 589 Å². The number of hydrogen-bond acceptors (Lipinski definition) is 3. The zero-order chi connectivity index (χ0) is 108. The second-order valence-corrected chi connectivity index (χ2v) is 52.3. The van der Waals surface area contributed by atoms with Crippen molar-refractivity contribution in [3.8, 4) is 0 Å². The average Bonchev–Trinajstić information content (AvgIpc) is 0.856. The van der Waals surface area contributed by atoms with Crippen LogP contribution in [0, 0.1) is 59.2 Å². The highest BCUT2D eigenvalue weighted by molar-refractivity contribution is 5.33. The summed E-state index contributed by atoms with van der Waals surface area (Å²) in [5, 5.41) is 0. The molecule has 0 aliphatic heterocycles. The first kappa shape index (κ1) is 130. The van der Waals surface area contributed by atoms with E-state index in [-0.39, 0.29) is 32.5 Å². The van der Waals surface area contributed by atoms with Crippen molar-refractivity contribution in [1.82, 2.24) is 15.0 Å². The SMILES string of the molecule is CC(C)(C)CCc1ccccc1.CC(C)(C)Cc1ccccc1.CC(C)(C)c1ccccc1.CC(C)(C)c1ccccn1.CC(C)(C)c1cccnc1.CC(C)(C)c1ccncc1.CC(c1ccccc1)C(C)(C)C.CCC(C)C(C)(C)C.C[C@@H](c1ccccc1)C(C)(C)C.C[C@H](c1ccccc1)C(C)(C)C.Cc1ccc(C(C)(C)C)cc1.Cc1cccc(C(C)(C)C)c1.Cc1ccccc1C(C)(C)C. The molecule has 9 aromatic carbocycles. The van der Waals surface area contributed by atoms with Gasteiger partial charge < -0.3 is 0 Å². The highest BCUT2D eigenvalue weighted by Gasteiger charge is 2.25. The normalized spacial score (nSPS) is 12.5. The van der Waals surface area contributed by atoms with Crippen LogP contribution in [0.3, 0.4) is 0 Å². The van der Waals surface area contributed by atoms with Crippen molar-refractivity contribution in [3.05, 3.63) is 412 Å². The van der Waals surface area contributed by atoms with Crippen molar-refractivity contribution < 1.29 is 0 Å². The highest BCUT2D eigenvalue weighted by Crippen LogP contribution is 2.38. The van der Waals surface area contributed by atoms with Crippen LogP contribution >= 0.6 is 0 Å². The Labute approximate surface area is 866 Å². The van der Waals surface area contributed by atoms with Gasteiger partial charge in [-0.25, -0.2) is 0 Å². The Kier molecular flexibility index (Phi) is 57.2. The lowest BCUT2D eigenvalue weighted by Gasteiger charge is -2.27. The first-order valence-corrected chi connectivity index (χ1v) is 52.3. The molecule has 0 amide bonds. The van der Waals surface area contributed by atoms with Crippen LogP contribution in [0.2, 0.25) is 0 Å². The molecule has 2 unspecified atom stereocenters. The second kappa shape index (κ2) is 61.4. The molecule has 3 heterocycles. The van der Waals surface area contributed by atoms with Crippen LogP contribution < -0.4 is 0 Å². The molecule has 0 spiro atoms. The quantitative estimate of drug-likeness (QED) is 0.160. The number of pyridine rings is 3. The van der Waals surface area contributed by atoms with Crippen molar-refractivity contribution in [2.24, 2.45) is 38.4 Å². The van der Waals surface area contributed by atoms with E-state index < -0.39 is 0 Å². The molecule has 0 radical (unpaired) electrons. The molecule has 3 heteroatoms. The van der Waals surface area contributed by atoms with E-state index in [1.807, 2.05) is 43.0 Å². The van der Waals surface area contributed by atoms with E-state index in [0.717, 1.165) is 18.0 Å². The van der Waals surface area contributed by atoms with Crippen molar-refractivity contribution in [2.75, 3.05) is 0 Å². The third-order valence-corrected chi connectivity index (χ3v) is 25.4. The molecule has 0 aliphatic carbocycles. The van der Waals surface area contributed by atoms with Gasteiger partial charge in [-0.3, -0.25) is 15.0 Å². The third kappa shape index (κ3) is 61.3. The van der Waals surface area contributed by atoms with Gasteiger partial charge in [-0.15, -0.1) is 0 Å². The van der Waals surface area contributed by atoms with E-state index in [9.17, 15) is 0 Å². The van der Waals surface area contributed by atoms with Crippen LogP contribution in [0.25, 0.3) is 0 Å². The third-order valence-electron chi connectivity index (χ3n) is 25.4. The topological polar surface area (TPSA) is 38.7 Å². The van der Waals surface area contributed by atoms with E-state index in [4.69, 9.17) is 0 Å². The van der Waals surface area contributed by atoms with Crippen molar-refractivity contribution >= 4 is 0 Å². The Balaban J connectivity index is 0.00000150. The van der Waals surface area contributed by atoms with Crippen molar-refractivity contribution in [2.45, 2.75) is 407 Å². The van der Waals surface area contributed by atoms with Crippen LogP contribution in [0.5, 0.6) is 0 Å². The summed E-state index contributed by atoms with van der Waals surface area (Å²) in [6.45, 7) is 105. The molecule has 0 saturated heterocycles. The summed E-state index contributed by atoms with van der Waals surface area (Å²) in [6, 6.07) is 104. The van der Waals surface area contributed by atoms with Crippen molar-refractivity contribution in [3.63, 3.8) is 0 Å². The molecule has 0 saturated carbocycles. The summed E-state index contributed by atoms with van der Waals surface area (Å²) in [5.74, 6) is 2.72. The van der Waals surface area contributed by atoms with Gasteiger partial charge in [0.05, 0.1) is 0 Å². The highest BCUT2D eigenvalue weighted by atomic mass is 14.7. The molecule has 140 heavy (non-hydrogen) atoms. The molecule has 12 aromatic rings. The Hall–Kier alpha value is -9.57. The molecular formula is C137H207N3. The van der Waals surface area contributed by atoms with E-state index in [0.29, 0.717) is 55.7 Å². The lowest BCUT2D eigenvalue weighted by molar-refractivity contribution is 0.254. The molecule has 770 valence electrons. The summed E-state index contributed by atoms with van der Waals surface area (Å²) in [4.78, 5) is 12.3. The number of aromatic nitrogens is 3. The maximum atomic E-state index is 4.25. The summed E-state index contributed by atoms with van der Waals surface area (Å²) >= 11 is 0. The fourth-order valence-electron chi connectivity index (χ4n) is 13.7. The molecular weight excluding hydrogens is 1690 g/mol. The smallest absolute Gasteiger partial charge is 0.0457 e. The Morgan fingerprint density at radius 3 is 0.836 bits per heavy atom. The Morgan fingerprint density at radius 1 is 0.243 bits per heavy atom. The molecule has 0 fully saturated rings. The van der Waals surface area contributed by atoms with Gasteiger partial charge in [0, 0.05) is 42.1 Å².